The molecule has 8 nitrogen and oxygen atoms in total. The summed E-state index contributed by atoms with van der Waals surface area (Å²) in [7, 11) is 0. The van der Waals surface area contributed by atoms with E-state index in [1.54, 1.807) is 6.07 Å². The van der Waals surface area contributed by atoms with Gasteiger partial charge < -0.3 is 5.32 Å². The highest BCUT2D eigenvalue weighted by atomic mass is 32.2. The number of alkyl halides is 3. The van der Waals surface area contributed by atoms with Crippen LogP contribution in [0.1, 0.15) is 5.56 Å². The number of nitrogens with zero attached hydrogens (tertiary/aromatic N) is 3. The quantitative estimate of drug-likeness (QED) is 0.256. The molecule has 0 radical (unpaired) electrons. The van der Waals surface area contributed by atoms with E-state index in [-0.39, 0.29) is 22.3 Å². The number of benzene rings is 2. The van der Waals surface area contributed by atoms with E-state index in [9.17, 15) is 32.5 Å². The summed E-state index contributed by atoms with van der Waals surface area (Å²) in [6.45, 7) is 0. The predicted octanol–water partition coefficient (Wildman–Crippen LogP) is 4.27. The smallest absolute Gasteiger partial charge is 0.325 e. The second-order valence-electron chi connectivity index (χ2n) is 5.77. The maximum Gasteiger partial charge on any atom is 0.418 e. The molecule has 13 heteroatoms. The first-order valence-electron chi connectivity index (χ1n) is 8.10. The Hall–Kier alpha value is -3.48. The molecule has 0 aliphatic heterocycles. The van der Waals surface area contributed by atoms with Crippen LogP contribution in [0.5, 0.6) is 0 Å². The van der Waals surface area contributed by atoms with Crippen molar-refractivity contribution in [2.45, 2.75) is 11.3 Å². The zero-order valence-corrected chi connectivity index (χ0v) is 15.6. The van der Waals surface area contributed by atoms with Gasteiger partial charge in [-0.15, -0.1) is 5.10 Å². The monoisotopic (exact) mass is 441 g/mol. The molecule has 0 fully saturated rings. The van der Waals surface area contributed by atoms with Gasteiger partial charge >= 0.3 is 6.18 Å². The molecule has 0 spiro atoms. The van der Waals surface area contributed by atoms with Gasteiger partial charge in [0.05, 0.1) is 27.5 Å². The molecule has 30 heavy (non-hydrogen) atoms. The van der Waals surface area contributed by atoms with Crippen molar-refractivity contribution < 1.29 is 27.3 Å². The lowest BCUT2D eigenvalue weighted by Gasteiger charge is -2.13. The number of hydrogen-bond donors (Lipinski definition) is 2. The summed E-state index contributed by atoms with van der Waals surface area (Å²) in [5, 5.41) is 19.2. The minimum absolute atomic E-state index is 0.0862. The molecule has 3 aromatic rings. The van der Waals surface area contributed by atoms with Crippen molar-refractivity contribution in [3.63, 3.8) is 0 Å². The van der Waals surface area contributed by atoms with Gasteiger partial charge in [-0.2, -0.15) is 13.2 Å². The van der Waals surface area contributed by atoms with Gasteiger partial charge in [0, 0.05) is 12.1 Å². The predicted molar refractivity (Wildman–Crippen MR) is 99.2 cm³/mol. The second-order valence-corrected chi connectivity index (χ2v) is 6.71. The fraction of sp³-hybridized carbons (Fsp3) is 0.118. The Bertz CT molecular complexity index is 1100. The Morgan fingerprint density at radius 1 is 1.23 bits per heavy atom. The average Bonchev–Trinajstić information content (AvgIpc) is 3.15. The number of halogens is 4. The van der Waals surface area contributed by atoms with E-state index in [1.807, 2.05) is 0 Å². The van der Waals surface area contributed by atoms with Crippen molar-refractivity contribution in [1.82, 2.24) is 15.2 Å². The molecule has 0 saturated carbocycles. The molecule has 0 atom stereocenters. The largest absolute Gasteiger partial charge is 0.418 e. The van der Waals surface area contributed by atoms with E-state index in [1.165, 1.54) is 18.2 Å². The summed E-state index contributed by atoms with van der Waals surface area (Å²) in [5.41, 5.74) is -2.53. The average molecular weight is 441 g/mol. The molecule has 0 aliphatic carbocycles. The summed E-state index contributed by atoms with van der Waals surface area (Å²) < 4.78 is 53.2. The number of anilines is 1. The SMILES string of the molecule is O=C(CSc1n[nH]c(-c2ccccc2F)n1)Nc1ccc([N+](=O)[O-])cc1C(F)(F)F. The van der Waals surface area contributed by atoms with Crippen molar-refractivity contribution in [3.8, 4) is 11.4 Å². The van der Waals surface area contributed by atoms with Gasteiger partial charge in [0.25, 0.3) is 5.69 Å². The van der Waals surface area contributed by atoms with E-state index in [0.717, 1.165) is 23.9 Å². The Morgan fingerprint density at radius 3 is 2.63 bits per heavy atom. The van der Waals surface area contributed by atoms with Gasteiger partial charge in [-0.05, 0) is 18.2 Å². The highest BCUT2D eigenvalue weighted by Gasteiger charge is 2.35. The van der Waals surface area contributed by atoms with Crippen LogP contribution >= 0.6 is 11.8 Å². The number of non-ortho nitro benzene ring substituents is 1. The van der Waals surface area contributed by atoms with E-state index >= 15 is 0 Å². The Labute approximate surface area is 169 Å². The van der Waals surface area contributed by atoms with Crippen LogP contribution in [-0.2, 0) is 11.0 Å². The van der Waals surface area contributed by atoms with Gasteiger partial charge in [0.2, 0.25) is 11.1 Å². The fourth-order valence-corrected chi connectivity index (χ4v) is 2.99. The summed E-state index contributed by atoms with van der Waals surface area (Å²) in [6, 6.07) is 7.83. The van der Waals surface area contributed by atoms with Crippen LogP contribution in [0, 0.1) is 15.9 Å². The van der Waals surface area contributed by atoms with Crippen molar-refractivity contribution in [2.75, 3.05) is 11.1 Å². The van der Waals surface area contributed by atoms with Gasteiger partial charge in [-0.1, -0.05) is 23.9 Å². The number of rotatable bonds is 6. The Balaban J connectivity index is 1.68. The molecule has 0 aliphatic rings. The molecular weight excluding hydrogens is 430 g/mol. The lowest BCUT2D eigenvalue weighted by molar-refractivity contribution is -0.385. The van der Waals surface area contributed by atoms with Crippen LogP contribution in [0.2, 0.25) is 0 Å². The van der Waals surface area contributed by atoms with Gasteiger partial charge in [0.1, 0.15) is 5.82 Å². The molecular formula is C17H11F4N5O3S. The second kappa shape index (κ2) is 8.49. The van der Waals surface area contributed by atoms with Crippen LogP contribution in [0.3, 0.4) is 0 Å². The maximum atomic E-state index is 13.8. The van der Waals surface area contributed by atoms with E-state index in [2.05, 4.69) is 20.5 Å². The highest BCUT2D eigenvalue weighted by Crippen LogP contribution is 2.37. The maximum absolute atomic E-state index is 13.8. The molecule has 1 amide bonds. The number of carbonyl (C=O) groups is 1. The summed E-state index contributed by atoms with van der Waals surface area (Å²) >= 11 is 0.813. The third-order valence-electron chi connectivity index (χ3n) is 3.72. The molecule has 1 heterocycles. The van der Waals surface area contributed by atoms with Gasteiger partial charge in [0.15, 0.2) is 5.82 Å². The third-order valence-corrected chi connectivity index (χ3v) is 4.57. The summed E-state index contributed by atoms with van der Waals surface area (Å²) in [6.07, 6.45) is -4.90. The Morgan fingerprint density at radius 2 is 1.97 bits per heavy atom. The first kappa shape index (κ1) is 21.2. The summed E-state index contributed by atoms with van der Waals surface area (Å²) in [4.78, 5) is 25.8. The standard InChI is InChI=1S/C17H11F4N5O3S/c18-12-4-2-1-3-10(12)15-23-16(25-24-15)30-8-14(27)22-13-6-5-9(26(28)29)7-11(13)17(19,20)21/h1-7H,8H2,(H,22,27)(H,23,24,25). The zero-order valence-electron chi connectivity index (χ0n) is 14.7. The molecule has 3 rings (SSSR count). The van der Waals surface area contributed by atoms with Crippen molar-refractivity contribution in [2.24, 2.45) is 0 Å². The van der Waals surface area contributed by atoms with Crippen LogP contribution in [0.25, 0.3) is 11.4 Å². The number of aromatic amines is 1. The van der Waals surface area contributed by atoms with Crippen LogP contribution < -0.4 is 5.32 Å². The zero-order chi connectivity index (χ0) is 21.9. The highest BCUT2D eigenvalue weighted by molar-refractivity contribution is 7.99. The minimum atomic E-state index is -4.90. The first-order chi connectivity index (χ1) is 14.1. The third kappa shape index (κ3) is 4.92. The number of thioether (sulfide) groups is 1. The Kier molecular flexibility index (Phi) is 6.01. The van der Waals surface area contributed by atoms with Crippen molar-refractivity contribution >= 4 is 29.0 Å². The topological polar surface area (TPSA) is 114 Å². The molecule has 2 N–H and O–H groups in total. The number of hydrogen-bond acceptors (Lipinski definition) is 6. The molecule has 1 aromatic heterocycles. The van der Waals surface area contributed by atoms with Crippen LogP contribution in [-0.4, -0.2) is 31.8 Å². The van der Waals surface area contributed by atoms with Crippen LogP contribution in [0.4, 0.5) is 28.9 Å². The molecule has 0 saturated heterocycles. The van der Waals surface area contributed by atoms with Crippen LogP contribution in [0.15, 0.2) is 47.6 Å². The van der Waals surface area contributed by atoms with E-state index < -0.39 is 39.8 Å². The van der Waals surface area contributed by atoms with Gasteiger partial charge in [-0.25, -0.2) is 9.37 Å². The lowest BCUT2D eigenvalue weighted by Crippen LogP contribution is -2.18. The number of nitrogens with one attached hydrogen (secondary N) is 2. The number of H-pyrrole nitrogens is 1. The minimum Gasteiger partial charge on any atom is -0.325 e. The normalized spacial score (nSPS) is 11.3. The summed E-state index contributed by atoms with van der Waals surface area (Å²) in [5.74, 6) is -1.55. The number of amides is 1. The number of nitro groups is 1. The molecule has 156 valence electrons. The van der Waals surface area contributed by atoms with E-state index in [4.69, 9.17) is 0 Å². The molecule has 0 bridgehead atoms. The number of nitro benzene ring substituents is 1. The number of aromatic nitrogens is 3. The van der Waals surface area contributed by atoms with Crippen molar-refractivity contribution in [1.29, 1.82) is 0 Å². The fourth-order valence-electron chi connectivity index (χ4n) is 2.39. The van der Waals surface area contributed by atoms with Crippen molar-refractivity contribution in [3.05, 3.63) is 64.0 Å². The number of carbonyl (C=O) groups excluding carboxylic acids is 1. The van der Waals surface area contributed by atoms with Gasteiger partial charge in [-0.3, -0.25) is 20.0 Å². The molecule has 0 unspecified atom stereocenters. The molecule has 2 aromatic carbocycles. The lowest BCUT2D eigenvalue weighted by atomic mass is 10.1. The first-order valence-corrected chi connectivity index (χ1v) is 9.09. The van der Waals surface area contributed by atoms with E-state index in [0.29, 0.717) is 6.07 Å².